The molecule has 13 heteroatoms. The van der Waals surface area contributed by atoms with Crippen LogP contribution in [-0.2, 0) is 9.22 Å². The van der Waals surface area contributed by atoms with Gasteiger partial charge in [-0.05, 0) is 75.3 Å². The van der Waals surface area contributed by atoms with Gasteiger partial charge in [-0.1, -0.05) is 32.9 Å². The molecule has 0 aliphatic heterocycles. The van der Waals surface area contributed by atoms with Gasteiger partial charge in [-0.2, -0.15) is 10.4 Å². The van der Waals surface area contributed by atoms with Gasteiger partial charge in [0, 0.05) is 17.8 Å². The highest BCUT2D eigenvalue weighted by Crippen LogP contribution is 2.37. The Hall–Kier alpha value is -5.06. The van der Waals surface area contributed by atoms with Gasteiger partial charge < -0.3 is 29.6 Å². The van der Waals surface area contributed by atoms with Crippen LogP contribution in [0.15, 0.2) is 60.9 Å². The maximum atomic E-state index is 13.1. The van der Waals surface area contributed by atoms with E-state index in [9.17, 15) is 20.0 Å². The Bertz CT molecular complexity index is 1800. The molecule has 2 aromatic carbocycles. The molecule has 0 saturated heterocycles. The van der Waals surface area contributed by atoms with Crippen molar-refractivity contribution in [3.05, 3.63) is 72.1 Å². The average Bonchev–Trinajstić information content (AvgIpc) is 3.31. The molecule has 47 heavy (non-hydrogen) atoms. The number of hydrogen-bond acceptors (Lipinski definition) is 8. The number of para-hydroxylation sites is 2. The number of benzene rings is 2. The summed E-state index contributed by atoms with van der Waals surface area (Å²) in [7, 11) is -1.91. The Morgan fingerprint density at radius 1 is 1.04 bits per heavy atom. The summed E-state index contributed by atoms with van der Waals surface area (Å²) in [6, 6.07) is 16.3. The number of carboxylic acid groups (broad SMARTS) is 1. The van der Waals surface area contributed by atoms with Crippen molar-refractivity contribution in [3.63, 3.8) is 0 Å². The summed E-state index contributed by atoms with van der Waals surface area (Å²) in [5.41, 5.74) is 1.80. The van der Waals surface area contributed by atoms with E-state index in [0.29, 0.717) is 64.1 Å². The molecule has 4 rings (SSSR count). The molecule has 2 aromatic heterocycles. The molecule has 0 saturated carbocycles. The summed E-state index contributed by atoms with van der Waals surface area (Å²) < 4.78 is 20.0. The molecule has 2 amide bonds. The second-order valence-corrected chi connectivity index (χ2v) is 17.9. The number of aromatic nitrogens is 2. The molecule has 0 spiro atoms. The number of carbonyl (C=O) groups excluding carboxylic acids is 1. The van der Waals surface area contributed by atoms with Crippen LogP contribution in [-0.4, -0.2) is 53.8 Å². The van der Waals surface area contributed by atoms with E-state index in [2.05, 4.69) is 61.0 Å². The summed E-state index contributed by atoms with van der Waals surface area (Å²) in [6.45, 7) is 16.8. The summed E-state index contributed by atoms with van der Waals surface area (Å²) in [5, 5.41) is 31.8. The highest BCUT2D eigenvalue weighted by atomic mass is 28.4. The lowest BCUT2D eigenvalue weighted by molar-refractivity contribution is -0.134. The van der Waals surface area contributed by atoms with Gasteiger partial charge in [0.2, 0.25) is 0 Å². The van der Waals surface area contributed by atoms with E-state index in [-0.39, 0.29) is 10.9 Å². The number of anilines is 3. The van der Waals surface area contributed by atoms with Crippen LogP contribution in [0.2, 0.25) is 18.1 Å². The highest BCUT2D eigenvalue weighted by molar-refractivity contribution is 6.74. The molecule has 0 aliphatic carbocycles. The van der Waals surface area contributed by atoms with E-state index in [1.54, 1.807) is 69.4 Å². The predicted octanol–water partition coefficient (Wildman–Crippen LogP) is 7.44. The van der Waals surface area contributed by atoms with Gasteiger partial charge in [0.05, 0.1) is 41.5 Å². The summed E-state index contributed by atoms with van der Waals surface area (Å²) >= 11 is 0. The standard InChI is InChI=1S/C34H42N6O6Si/c1-22-26(39-32(42)43)21-40-30(22)29(23(19-35)20-37-40)38-24-13-15-25(16-14-24)45-27-11-9-10-12-28(27)46-34(5,6)31(41)36-17-18-44-47(7,8)33(2,3)4/h9-16,20-21,38-39H,17-18H2,1-8H3,(H,36,41)(H,42,43). The van der Waals surface area contributed by atoms with Crippen LogP contribution in [0.4, 0.5) is 21.9 Å². The van der Waals surface area contributed by atoms with Crippen molar-refractivity contribution in [2.45, 2.75) is 65.3 Å². The van der Waals surface area contributed by atoms with E-state index in [0.717, 1.165) is 0 Å². The van der Waals surface area contributed by atoms with Crippen molar-refractivity contribution in [3.8, 4) is 23.3 Å². The van der Waals surface area contributed by atoms with E-state index in [1.807, 2.05) is 6.07 Å². The van der Waals surface area contributed by atoms with Crippen LogP contribution in [0.3, 0.4) is 0 Å². The van der Waals surface area contributed by atoms with Crippen LogP contribution in [0.5, 0.6) is 17.2 Å². The molecule has 4 N–H and O–H groups in total. The molecule has 248 valence electrons. The molecular formula is C34H42N6O6Si. The molecule has 0 fully saturated rings. The third-order valence-electron chi connectivity index (χ3n) is 8.19. The number of aryl methyl sites for hydroxylation is 1. The second kappa shape index (κ2) is 13.7. The smallest absolute Gasteiger partial charge is 0.409 e. The number of nitrogens with one attached hydrogen (secondary N) is 3. The lowest BCUT2D eigenvalue weighted by atomic mass is 10.1. The van der Waals surface area contributed by atoms with E-state index < -0.39 is 20.0 Å². The predicted molar refractivity (Wildman–Crippen MR) is 183 cm³/mol. The third-order valence-corrected chi connectivity index (χ3v) is 12.7. The van der Waals surface area contributed by atoms with Gasteiger partial charge in [0.25, 0.3) is 5.91 Å². The zero-order valence-electron chi connectivity index (χ0n) is 28.0. The van der Waals surface area contributed by atoms with Crippen molar-refractivity contribution in [2.24, 2.45) is 0 Å². The molecule has 4 aromatic rings. The van der Waals surface area contributed by atoms with Crippen LogP contribution in [0.25, 0.3) is 5.52 Å². The number of hydrogen-bond donors (Lipinski definition) is 4. The number of ether oxygens (including phenoxy) is 2. The van der Waals surface area contributed by atoms with Gasteiger partial charge in [-0.15, -0.1) is 0 Å². The number of fused-ring (bicyclic) bond motifs is 1. The van der Waals surface area contributed by atoms with E-state index in [1.165, 1.54) is 10.7 Å². The summed E-state index contributed by atoms with van der Waals surface area (Å²) in [6.07, 6.45) is 1.77. The van der Waals surface area contributed by atoms with Crippen molar-refractivity contribution in [1.82, 2.24) is 14.9 Å². The molecular weight excluding hydrogens is 616 g/mol. The van der Waals surface area contributed by atoms with Crippen molar-refractivity contribution < 1.29 is 28.6 Å². The lowest BCUT2D eigenvalue weighted by Gasteiger charge is -2.36. The Kier molecular flexibility index (Phi) is 10.2. The Balaban J connectivity index is 1.44. The van der Waals surface area contributed by atoms with Crippen LogP contribution >= 0.6 is 0 Å². The molecule has 2 heterocycles. The zero-order chi connectivity index (χ0) is 34.6. The minimum Gasteiger partial charge on any atom is -0.474 e. The summed E-state index contributed by atoms with van der Waals surface area (Å²) in [4.78, 5) is 24.3. The monoisotopic (exact) mass is 658 g/mol. The first kappa shape index (κ1) is 34.8. The fourth-order valence-electron chi connectivity index (χ4n) is 4.46. The number of rotatable bonds is 12. The molecule has 0 aliphatic rings. The van der Waals surface area contributed by atoms with Crippen molar-refractivity contribution >= 4 is 42.9 Å². The van der Waals surface area contributed by atoms with Crippen LogP contribution < -0.4 is 25.4 Å². The van der Waals surface area contributed by atoms with Gasteiger partial charge in [-0.3, -0.25) is 10.1 Å². The number of nitrogens with zero attached hydrogens (tertiary/aromatic N) is 3. The first-order valence-corrected chi connectivity index (χ1v) is 18.1. The molecule has 0 atom stereocenters. The summed E-state index contributed by atoms with van der Waals surface area (Å²) in [5.74, 6) is 1.08. The minimum absolute atomic E-state index is 0.0855. The maximum Gasteiger partial charge on any atom is 0.409 e. The van der Waals surface area contributed by atoms with Gasteiger partial charge >= 0.3 is 6.09 Å². The number of nitriles is 1. The fourth-order valence-corrected chi connectivity index (χ4v) is 5.50. The Morgan fingerprint density at radius 2 is 1.70 bits per heavy atom. The number of carbonyl (C=O) groups is 2. The van der Waals surface area contributed by atoms with Crippen LogP contribution in [0, 0.1) is 18.3 Å². The first-order valence-electron chi connectivity index (χ1n) is 15.2. The normalized spacial score (nSPS) is 11.9. The first-order chi connectivity index (χ1) is 22.0. The van der Waals surface area contributed by atoms with Crippen LogP contribution in [0.1, 0.15) is 45.7 Å². The van der Waals surface area contributed by atoms with Gasteiger partial charge in [0.1, 0.15) is 11.8 Å². The second-order valence-electron chi connectivity index (χ2n) is 13.1. The van der Waals surface area contributed by atoms with E-state index in [4.69, 9.17) is 13.9 Å². The SMILES string of the molecule is Cc1c(NC(=O)O)cn2ncc(C#N)c(Nc3ccc(Oc4ccccc4OC(C)(C)C(=O)NCCO[Si](C)(C)C(C)(C)C)cc3)c12. The van der Waals surface area contributed by atoms with Crippen molar-refractivity contribution in [2.75, 3.05) is 23.8 Å². The fraction of sp³-hybridized carbons (Fsp3) is 0.353. The molecule has 0 bridgehead atoms. The number of amides is 2. The third kappa shape index (κ3) is 8.21. The topological polar surface area (TPSA) is 159 Å². The maximum absolute atomic E-state index is 13.1. The average molecular weight is 659 g/mol. The van der Waals surface area contributed by atoms with E-state index >= 15 is 0 Å². The Morgan fingerprint density at radius 3 is 2.32 bits per heavy atom. The van der Waals surface area contributed by atoms with Crippen molar-refractivity contribution in [1.29, 1.82) is 5.26 Å². The Labute approximate surface area is 275 Å². The molecule has 0 unspecified atom stereocenters. The van der Waals surface area contributed by atoms with Gasteiger partial charge in [-0.25, -0.2) is 9.31 Å². The van der Waals surface area contributed by atoms with Gasteiger partial charge in [0.15, 0.2) is 25.4 Å². The highest BCUT2D eigenvalue weighted by Gasteiger charge is 2.37. The quantitative estimate of drug-likeness (QED) is 0.0896. The minimum atomic E-state index is -1.91. The largest absolute Gasteiger partial charge is 0.474 e. The molecule has 0 radical (unpaired) electrons. The molecule has 12 nitrogen and oxygen atoms in total. The zero-order valence-corrected chi connectivity index (χ0v) is 29.0. The lowest BCUT2D eigenvalue weighted by Crippen LogP contribution is -2.48.